The van der Waals surface area contributed by atoms with Crippen molar-refractivity contribution in [1.29, 1.82) is 0 Å². The Hall–Kier alpha value is -1.77. The molecule has 0 aliphatic carbocycles. The summed E-state index contributed by atoms with van der Waals surface area (Å²) in [6, 6.07) is 16.0. The third-order valence-corrected chi connectivity index (χ3v) is 4.21. The number of benzene rings is 2. The molecule has 0 saturated carbocycles. The Bertz CT molecular complexity index is 1050. The van der Waals surface area contributed by atoms with Crippen LogP contribution in [-0.4, -0.2) is 23.5 Å². The van der Waals surface area contributed by atoms with Gasteiger partial charge in [0.1, 0.15) is 17.1 Å². The van der Waals surface area contributed by atoms with Gasteiger partial charge in [-0.2, -0.15) is 0 Å². The molecule has 7 heteroatoms. The molecular weight excluding hydrogens is 411 g/mol. The summed E-state index contributed by atoms with van der Waals surface area (Å²) in [5.41, 5.74) is 0.635. The number of hydrogen-bond donors (Lipinski definition) is 1. The molecule has 0 radical (unpaired) electrons. The van der Waals surface area contributed by atoms with Crippen molar-refractivity contribution in [2.24, 2.45) is 0 Å². The number of rotatable bonds is 5. The monoisotopic (exact) mass is 436 g/mol. The summed E-state index contributed by atoms with van der Waals surface area (Å²) in [5.74, 6) is -0.926. The number of esters is 1. The zero-order chi connectivity index (χ0) is 21.4. The fourth-order valence-corrected chi connectivity index (χ4v) is 3.02. The van der Waals surface area contributed by atoms with E-state index >= 15 is 0 Å². The molecule has 3 rings (SSSR count). The van der Waals surface area contributed by atoms with E-state index in [2.05, 4.69) is 4.74 Å². The number of ketones is 1. The summed E-state index contributed by atoms with van der Waals surface area (Å²) in [5, 5.41) is 11.1. The fourth-order valence-electron chi connectivity index (χ4n) is 3.02. The molecule has 0 amide bonds. The van der Waals surface area contributed by atoms with Crippen LogP contribution in [0.5, 0.6) is 5.75 Å². The first kappa shape index (κ1) is 26.3. The predicted molar refractivity (Wildman–Crippen MR) is 111 cm³/mol. The van der Waals surface area contributed by atoms with Crippen molar-refractivity contribution in [3.8, 4) is 5.75 Å². The van der Waals surface area contributed by atoms with Gasteiger partial charge in [0.25, 0.3) is 0 Å². The van der Waals surface area contributed by atoms with Crippen molar-refractivity contribution < 1.29 is 76.7 Å². The van der Waals surface area contributed by atoms with Crippen LogP contribution in [0.15, 0.2) is 63.8 Å². The van der Waals surface area contributed by atoms with E-state index in [-0.39, 0.29) is 82.3 Å². The largest absolute Gasteiger partial charge is 1.00 e. The van der Waals surface area contributed by atoms with E-state index in [1.165, 1.54) is 13.8 Å². The number of ether oxygens (including phenoxy) is 1. The Labute approximate surface area is 219 Å². The number of carbonyl (C=O) groups is 2. The van der Waals surface area contributed by atoms with Crippen molar-refractivity contribution >= 4 is 22.7 Å². The van der Waals surface area contributed by atoms with Gasteiger partial charge in [-0.1, -0.05) is 42.5 Å². The van der Waals surface area contributed by atoms with Crippen molar-refractivity contribution in [2.45, 2.75) is 33.1 Å². The number of fused-ring (bicyclic) bond motifs is 1. The Morgan fingerprint density at radius 2 is 1.67 bits per heavy atom. The molecule has 1 N–H and O–H groups in total. The molecular formula is C23H25KO6. The topological polar surface area (TPSA) is 93.8 Å². The number of carbonyl (C=O) groups excluding carboxylic acids is 2. The summed E-state index contributed by atoms with van der Waals surface area (Å²) in [4.78, 5) is 33.9. The Kier molecular flexibility index (Phi) is 11.2. The van der Waals surface area contributed by atoms with Crippen LogP contribution in [0.25, 0.3) is 11.0 Å². The van der Waals surface area contributed by atoms with Crippen molar-refractivity contribution in [2.75, 3.05) is 6.61 Å². The molecule has 0 aliphatic heterocycles. The maximum absolute atomic E-state index is 12.4. The van der Waals surface area contributed by atoms with Gasteiger partial charge in [-0.05, 0) is 31.5 Å². The first-order valence-electron chi connectivity index (χ1n) is 9.27. The number of para-hydroxylation sites is 1. The molecule has 30 heavy (non-hydrogen) atoms. The van der Waals surface area contributed by atoms with Gasteiger partial charge < -0.3 is 15.7 Å². The van der Waals surface area contributed by atoms with E-state index in [0.29, 0.717) is 17.6 Å². The second-order valence-electron chi connectivity index (χ2n) is 6.44. The zero-order valence-electron chi connectivity index (χ0n) is 18.7. The molecule has 6 nitrogen and oxygen atoms in total. The van der Waals surface area contributed by atoms with Crippen LogP contribution in [0.3, 0.4) is 0 Å². The molecule has 0 aliphatic rings. The molecule has 154 valence electrons. The van der Waals surface area contributed by atoms with Crippen LogP contribution in [0.4, 0.5) is 0 Å². The van der Waals surface area contributed by atoms with Gasteiger partial charge in [0.2, 0.25) is 0 Å². The maximum atomic E-state index is 12.4. The molecule has 0 bridgehead atoms. The quantitative estimate of drug-likeness (QED) is 0.368. The molecule has 1 unspecified atom stereocenters. The smallest absolute Gasteiger partial charge is 1.00 e. The Balaban J connectivity index is 0.000000997. The summed E-state index contributed by atoms with van der Waals surface area (Å²) in [6.07, 6.45) is 0.126. The van der Waals surface area contributed by atoms with Gasteiger partial charge >= 0.3 is 63.0 Å². The summed E-state index contributed by atoms with van der Waals surface area (Å²) >= 11 is 0. The average molecular weight is 437 g/mol. The van der Waals surface area contributed by atoms with Gasteiger partial charge in [0.05, 0.1) is 17.6 Å². The van der Waals surface area contributed by atoms with E-state index in [9.17, 15) is 19.5 Å². The van der Waals surface area contributed by atoms with Gasteiger partial charge in [0, 0.05) is 19.3 Å². The van der Waals surface area contributed by atoms with E-state index in [4.69, 9.17) is 4.42 Å². The Morgan fingerprint density at radius 1 is 1.07 bits per heavy atom. The van der Waals surface area contributed by atoms with Crippen molar-refractivity contribution in [1.82, 2.24) is 0 Å². The van der Waals surface area contributed by atoms with Crippen LogP contribution < -0.4 is 57.0 Å². The van der Waals surface area contributed by atoms with E-state index in [1.54, 1.807) is 31.2 Å². The van der Waals surface area contributed by atoms with Crippen molar-refractivity contribution in [3.63, 3.8) is 0 Å². The van der Waals surface area contributed by atoms with E-state index in [0.717, 1.165) is 5.56 Å². The van der Waals surface area contributed by atoms with Crippen LogP contribution in [0, 0.1) is 0 Å². The minimum atomic E-state index is -0.615. The normalized spacial score (nSPS) is 10.9. The average Bonchev–Trinajstić information content (AvgIpc) is 2.68. The SMILES string of the molecule is CC(=O)CC(c1ccccc1)c1c(O)c2ccccc2oc1=O.CCOC(C)=O.[H-].[K+]. The predicted octanol–water partition coefficient (Wildman–Crippen LogP) is 1.30. The Morgan fingerprint density at radius 3 is 2.20 bits per heavy atom. The molecule has 0 fully saturated rings. The maximum Gasteiger partial charge on any atom is 1.00 e. The first-order valence-corrected chi connectivity index (χ1v) is 9.27. The van der Waals surface area contributed by atoms with Gasteiger partial charge in [-0.25, -0.2) is 4.79 Å². The number of Topliss-reactive ketones (excluding diaryl/α,β-unsaturated/α-hetero) is 1. The molecule has 1 heterocycles. The number of aromatic hydroxyl groups is 1. The van der Waals surface area contributed by atoms with Crippen LogP contribution >= 0.6 is 0 Å². The second-order valence-corrected chi connectivity index (χ2v) is 6.44. The minimum absolute atomic E-state index is 0. The summed E-state index contributed by atoms with van der Waals surface area (Å²) in [7, 11) is 0. The molecule has 3 aromatic rings. The van der Waals surface area contributed by atoms with Gasteiger partial charge in [-0.15, -0.1) is 0 Å². The number of hydrogen-bond acceptors (Lipinski definition) is 6. The fraction of sp³-hybridized carbons (Fsp3) is 0.261. The molecule has 1 aromatic heterocycles. The van der Waals surface area contributed by atoms with Crippen molar-refractivity contribution in [3.05, 3.63) is 76.1 Å². The second kappa shape index (κ2) is 12.8. The van der Waals surface area contributed by atoms with Crippen LogP contribution in [0.2, 0.25) is 0 Å². The third-order valence-electron chi connectivity index (χ3n) is 4.21. The van der Waals surface area contributed by atoms with Crippen LogP contribution in [0.1, 0.15) is 45.7 Å². The third kappa shape index (κ3) is 7.18. The molecule has 1 atom stereocenters. The molecule has 2 aromatic carbocycles. The van der Waals surface area contributed by atoms with Gasteiger partial charge in [-0.3, -0.25) is 9.59 Å². The van der Waals surface area contributed by atoms with Crippen LogP contribution in [-0.2, 0) is 14.3 Å². The van der Waals surface area contributed by atoms with Gasteiger partial charge in [0.15, 0.2) is 0 Å². The standard InChI is InChI=1S/C19H16O4.C4H8O2.K.H/c1-12(20)11-15(13-7-3-2-4-8-13)17-18(21)14-9-5-6-10-16(14)23-19(17)22;1-3-6-4(2)5;;/h2-10,15,21H,11H2,1H3;3H2,1-2H3;;/q;;+1;-1. The van der Waals surface area contributed by atoms with E-state index < -0.39 is 11.5 Å². The molecule has 0 spiro atoms. The summed E-state index contributed by atoms with van der Waals surface area (Å²) in [6.45, 7) is 5.12. The molecule has 0 saturated heterocycles. The first-order chi connectivity index (χ1) is 13.8. The summed E-state index contributed by atoms with van der Waals surface area (Å²) < 4.78 is 9.73. The van der Waals surface area contributed by atoms with E-state index in [1.807, 2.05) is 30.3 Å². The minimum Gasteiger partial charge on any atom is -1.00 e. The zero-order valence-corrected chi connectivity index (χ0v) is 20.8.